The second-order valence-corrected chi connectivity index (χ2v) is 5.32. The highest BCUT2D eigenvalue weighted by Gasteiger charge is 2.15. The van der Waals surface area contributed by atoms with Crippen LogP contribution in [0, 0.1) is 0 Å². The van der Waals surface area contributed by atoms with Crippen LogP contribution in [0.5, 0.6) is 5.88 Å². The molecular formula is C17H15ClN2O2. The molecule has 3 rings (SSSR count). The topological polar surface area (TPSA) is 43.6 Å². The molecule has 0 unspecified atom stereocenters. The van der Waals surface area contributed by atoms with Gasteiger partial charge >= 0.3 is 0 Å². The fourth-order valence-electron chi connectivity index (χ4n) is 2.24. The van der Waals surface area contributed by atoms with E-state index in [4.69, 9.17) is 16.3 Å². The van der Waals surface area contributed by atoms with Gasteiger partial charge in [-0.05, 0) is 36.2 Å². The van der Waals surface area contributed by atoms with Crippen LogP contribution in [-0.4, -0.2) is 16.0 Å². The summed E-state index contributed by atoms with van der Waals surface area (Å²) in [6, 6.07) is 12.5. The van der Waals surface area contributed by atoms with E-state index in [1.54, 1.807) is 42.6 Å². The third-order valence-corrected chi connectivity index (χ3v) is 3.53. The molecule has 0 aliphatic carbocycles. The van der Waals surface area contributed by atoms with Crippen molar-refractivity contribution in [3.8, 4) is 17.0 Å². The summed E-state index contributed by atoms with van der Waals surface area (Å²) < 4.78 is 7.22. The predicted octanol–water partition coefficient (Wildman–Crippen LogP) is 3.80. The molecule has 22 heavy (non-hydrogen) atoms. The van der Waals surface area contributed by atoms with E-state index in [1.807, 2.05) is 13.0 Å². The Hall–Kier alpha value is -2.33. The maximum Gasteiger partial charge on any atom is 0.269 e. The van der Waals surface area contributed by atoms with E-state index in [9.17, 15) is 4.79 Å². The first-order valence-corrected chi connectivity index (χ1v) is 7.48. The molecule has 0 bridgehead atoms. The van der Waals surface area contributed by atoms with Crippen molar-refractivity contribution >= 4 is 17.2 Å². The van der Waals surface area contributed by atoms with Gasteiger partial charge in [0.25, 0.3) is 5.56 Å². The Labute approximate surface area is 133 Å². The van der Waals surface area contributed by atoms with Crippen molar-refractivity contribution in [3.05, 3.63) is 64.0 Å². The van der Waals surface area contributed by atoms with E-state index in [0.717, 1.165) is 12.0 Å². The average Bonchev–Trinajstić information content (AvgIpc) is 2.54. The maximum atomic E-state index is 12.8. The molecular weight excluding hydrogens is 300 g/mol. The molecule has 4 nitrogen and oxygen atoms in total. The number of rotatable bonds is 4. The van der Waals surface area contributed by atoms with Gasteiger partial charge in [0.1, 0.15) is 11.2 Å². The summed E-state index contributed by atoms with van der Waals surface area (Å²) >= 11 is 5.93. The zero-order valence-corrected chi connectivity index (χ0v) is 12.9. The molecule has 0 saturated heterocycles. The molecule has 2 heterocycles. The van der Waals surface area contributed by atoms with Crippen LogP contribution in [0.4, 0.5) is 0 Å². The molecule has 5 heteroatoms. The van der Waals surface area contributed by atoms with Gasteiger partial charge in [-0.1, -0.05) is 36.7 Å². The minimum atomic E-state index is -0.154. The predicted molar refractivity (Wildman–Crippen MR) is 87.7 cm³/mol. The van der Waals surface area contributed by atoms with Crippen LogP contribution in [-0.2, 0) is 0 Å². The summed E-state index contributed by atoms with van der Waals surface area (Å²) in [5.41, 5.74) is 1.61. The van der Waals surface area contributed by atoms with Crippen molar-refractivity contribution in [3.63, 3.8) is 0 Å². The Morgan fingerprint density at radius 2 is 1.95 bits per heavy atom. The maximum absolute atomic E-state index is 12.8. The minimum absolute atomic E-state index is 0.154. The standard InChI is InChI=1S/C17H15ClN2O2/c1-2-11-22-16-15(12-6-8-13(18)9-7-12)17(21)20-10-4-3-5-14(20)19-16/h3-10H,2,11H2,1H3. The van der Waals surface area contributed by atoms with Crippen molar-refractivity contribution in [1.82, 2.24) is 9.38 Å². The number of benzene rings is 1. The normalized spacial score (nSPS) is 10.8. The third kappa shape index (κ3) is 2.70. The lowest BCUT2D eigenvalue weighted by atomic mass is 10.1. The van der Waals surface area contributed by atoms with Crippen LogP contribution >= 0.6 is 11.6 Å². The molecule has 2 aromatic heterocycles. The lowest BCUT2D eigenvalue weighted by molar-refractivity contribution is 0.306. The lowest BCUT2D eigenvalue weighted by Gasteiger charge is -2.11. The Bertz CT molecular complexity index is 857. The molecule has 0 saturated carbocycles. The number of hydrogen-bond acceptors (Lipinski definition) is 3. The smallest absolute Gasteiger partial charge is 0.269 e. The first kappa shape index (κ1) is 14.6. The largest absolute Gasteiger partial charge is 0.477 e. The number of halogens is 1. The first-order chi connectivity index (χ1) is 10.7. The summed E-state index contributed by atoms with van der Waals surface area (Å²) in [5.74, 6) is 0.361. The molecule has 0 radical (unpaired) electrons. The molecule has 1 aromatic carbocycles. The highest BCUT2D eigenvalue weighted by Crippen LogP contribution is 2.26. The SMILES string of the molecule is CCCOc1nc2ccccn2c(=O)c1-c1ccc(Cl)cc1. The highest BCUT2D eigenvalue weighted by atomic mass is 35.5. The number of fused-ring (bicyclic) bond motifs is 1. The fraction of sp³-hybridized carbons (Fsp3) is 0.176. The van der Waals surface area contributed by atoms with Crippen LogP contribution < -0.4 is 10.3 Å². The molecule has 0 fully saturated rings. The Morgan fingerprint density at radius 1 is 1.18 bits per heavy atom. The summed E-state index contributed by atoms with van der Waals surface area (Å²) in [6.45, 7) is 2.52. The van der Waals surface area contributed by atoms with Gasteiger partial charge in [0.2, 0.25) is 5.88 Å². The van der Waals surface area contributed by atoms with Gasteiger partial charge in [0.15, 0.2) is 0 Å². The monoisotopic (exact) mass is 314 g/mol. The summed E-state index contributed by atoms with van der Waals surface area (Å²) in [5, 5.41) is 0.619. The van der Waals surface area contributed by atoms with Gasteiger partial charge < -0.3 is 4.74 Å². The highest BCUT2D eigenvalue weighted by molar-refractivity contribution is 6.30. The second-order valence-electron chi connectivity index (χ2n) is 4.88. The molecule has 0 N–H and O–H groups in total. The molecule has 112 valence electrons. The van der Waals surface area contributed by atoms with Crippen molar-refractivity contribution in [2.45, 2.75) is 13.3 Å². The van der Waals surface area contributed by atoms with Crippen molar-refractivity contribution in [2.75, 3.05) is 6.61 Å². The van der Waals surface area contributed by atoms with E-state index in [-0.39, 0.29) is 5.56 Å². The molecule has 0 spiro atoms. The van der Waals surface area contributed by atoms with Crippen LogP contribution in [0.25, 0.3) is 16.8 Å². The average molecular weight is 315 g/mol. The van der Waals surface area contributed by atoms with Gasteiger partial charge in [-0.25, -0.2) is 0 Å². The number of nitrogens with zero attached hydrogens (tertiary/aromatic N) is 2. The molecule has 3 aromatic rings. The number of ether oxygens (including phenoxy) is 1. The van der Waals surface area contributed by atoms with E-state index < -0.39 is 0 Å². The zero-order valence-electron chi connectivity index (χ0n) is 12.1. The van der Waals surface area contributed by atoms with Crippen molar-refractivity contribution in [1.29, 1.82) is 0 Å². The molecule has 0 aliphatic rings. The zero-order chi connectivity index (χ0) is 15.5. The number of hydrogen-bond donors (Lipinski definition) is 0. The van der Waals surface area contributed by atoms with Crippen LogP contribution in [0.15, 0.2) is 53.5 Å². The lowest BCUT2D eigenvalue weighted by Crippen LogP contribution is -2.19. The van der Waals surface area contributed by atoms with Crippen molar-refractivity contribution < 1.29 is 4.74 Å². The van der Waals surface area contributed by atoms with Gasteiger partial charge in [-0.2, -0.15) is 4.98 Å². The van der Waals surface area contributed by atoms with E-state index in [1.165, 1.54) is 4.40 Å². The summed E-state index contributed by atoms with van der Waals surface area (Å²) in [7, 11) is 0. The second kappa shape index (κ2) is 6.20. The third-order valence-electron chi connectivity index (χ3n) is 3.28. The first-order valence-electron chi connectivity index (χ1n) is 7.11. The minimum Gasteiger partial charge on any atom is -0.477 e. The van der Waals surface area contributed by atoms with Gasteiger partial charge in [-0.15, -0.1) is 0 Å². The van der Waals surface area contributed by atoms with E-state index >= 15 is 0 Å². The van der Waals surface area contributed by atoms with Crippen molar-refractivity contribution in [2.24, 2.45) is 0 Å². The van der Waals surface area contributed by atoms with Gasteiger partial charge in [0, 0.05) is 11.2 Å². The molecule has 0 atom stereocenters. The Kier molecular flexibility index (Phi) is 4.11. The van der Waals surface area contributed by atoms with Crippen LogP contribution in [0.2, 0.25) is 5.02 Å². The molecule has 0 amide bonds. The quantitative estimate of drug-likeness (QED) is 0.735. The number of aromatic nitrogens is 2. The fourth-order valence-corrected chi connectivity index (χ4v) is 2.36. The van der Waals surface area contributed by atoms with Crippen LogP contribution in [0.3, 0.4) is 0 Å². The molecule has 0 aliphatic heterocycles. The van der Waals surface area contributed by atoms with Gasteiger partial charge in [0.05, 0.1) is 6.61 Å². The number of pyridine rings is 1. The van der Waals surface area contributed by atoms with Gasteiger partial charge in [-0.3, -0.25) is 9.20 Å². The van der Waals surface area contributed by atoms with Crippen LogP contribution in [0.1, 0.15) is 13.3 Å². The van der Waals surface area contributed by atoms with E-state index in [0.29, 0.717) is 28.7 Å². The summed E-state index contributed by atoms with van der Waals surface area (Å²) in [6.07, 6.45) is 2.55. The Morgan fingerprint density at radius 3 is 2.68 bits per heavy atom. The van der Waals surface area contributed by atoms with E-state index in [2.05, 4.69) is 4.98 Å². The Balaban J connectivity index is 2.27. The summed E-state index contributed by atoms with van der Waals surface area (Å²) in [4.78, 5) is 17.3.